The Bertz CT molecular complexity index is 914. The van der Waals surface area contributed by atoms with Gasteiger partial charge in [-0.1, -0.05) is 12.8 Å². The minimum atomic E-state index is -2.60. The van der Waals surface area contributed by atoms with Crippen molar-refractivity contribution in [3.63, 3.8) is 0 Å². The molecule has 32 heavy (non-hydrogen) atoms. The van der Waals surface area contributed by atoms with Crippen LogP contribution in [0.4, 0.5) is 5.82 Å². The Labute approximate surface area is 191 Å². The molecule has 11 nitrogen and oxygen atoms in total. The van der Waals surface area contributed by atoms with Gasteiger partial charge in [0.15, 0.2) is 17.2 Å². The molecular weight excluding hydrogens is 461 g/mol. The number of aliphatic hydroxyl groups is 2. The average Bonchev–Trinajstić information content (AvgIpc) is 3.51. The van der Waals surface area contributed by atoms with Crippen LogP contribution in [0.25, 0.3) is 11.0 Å². The fourth-order valence-corrected chi connectivity index (χ4v) is 5.09. The number of nitrogens with one attached hydrogen (secondary N) is 1. The van der Waals surface area contributed by atoms with E-state index in [-0.39, 0.29) is 31.0 Å². The van der Waals surface area contributed by atoms with E-state index in [0.717, 1.165) is 18.2 Å². The molecule has 5 N–H and O–H groups in total. The second kappa shape index (κ2) is 10.4. The lowest BCUT2D eigenvalue weighted by atomic mass is 10.2. The molecule has 0 bridgehead atoms. The summed E-state index contributed by atoms with van der Waals surface area (Å²) >= 11 is 6.19. The van der Waals surface area contributed by atoms with Crippen molar-refractivity contribution < 1.29 is 29.5 Å². The Hall–Kier alpha value is -1.17. The number of anilines is 1. The van der Waals surface area contributed by atoms with E-state index in [1.54, 1.807) is 10.9 Å². The van der Waals surface area contributed by atoms with Gasteiger partial charge in [-0.05, 0) is 37.3 Å². The third kappa shape index (κ3) is 5.00. The van der Waals surface area contributed by atoms with Gasteiger partial charge in [0.05, 0.1) is 30.9 Å². The molecule has 2 aromatic rings. The predicted molar refractivity (Wildman–Crippen MR) is 118 cm³/mol. The maximum Gasteiger partial charge on any atom is 0.226 e. The summed E-state index contributed by atoms with van der Waals surface area (Å²) in [6.07, 6.45) is 6.77. The number of ether oxygens (including phenoxy) is 2. The van der Waals surface area contributed by atoms with Crippen LogP contribution in [-0.2, 0) is 9.47 Å². The van der Waals surface area contributed by atoms with Crippen LogP contribution in [0.15, 0.2) is 6.20 Å². The molecule has 3 heterocycles. The smallest absolute Gasteiger partial charge is 0.226 e. The number of fused-ring (bicyclic) bond motifs is 1. The molecule has 0 aromatic carbocycles. The van der Waals surface area contributed by atoms with Crippen molar-refractivity contribution in [3.8, 4) is 0 Å². The summed E-state index contributed by atoms with van der Waals surface area (Å²) in [6, 6.07) is 0.367. The minimum Gasteiger partial charge on any atom is -0.396 e. The van der Waals surface area contributed by atoms with Gasteiger partial charge in [0.25, 0.3) is 0 Å². The molecule has 0 amide bonds. The third-order valence-electron chi connectivity index (χ3n) is 6.13. The Kier molecular flexibility index (Phi) is 7.79. The van der Waals surface area contributed by atoms with E-state index in [4.69, 9.17) is 21.1 Å². The zero-order valence-electron chi connectivity index (χ0n) is 17.6. The monoisotopic (exact) mass is 489 g/mol. The molecule has 178 valence electrons. The highest BCUT2D eigenvalue weighted by atomic mass is 35.5. The molecule has 3 unspecified atom stereocenters. The van der Waals surface area contributed by atoms with Crippen LogP contribution in [0.5, 0.6) is 0 Å². The predicted octanol–water partition coefficient (Wildman–Crippen LogP) is 1.90. The highest BCUT2D eigenvalue weighted by Gasteiger charge is 2.40. The van der Waals surface area contributed by atoms with E-state index in [2.05, 4.69) is 20.4 Å². The number of aromatic nitrogens is 4. The lowest BCUT2D eigenvalue weighted by molar-refractivity contribution is -0.0967. The molecule has 13 heteroatoms. The average molecular weight is 490 g/mol. The highest BCUT2D eigenvalue weighted by molar-refractivity contribution is 7.46. The largest absolute Gasteiger partial charge is 0.396 e. The van der Waals surface area contributed by atoms with Crippen LogP contribution in [0.2, 0.25) is 5.28 Å². The van der Waals surface area contributed by atoms with Crippen molar-refractivity contribution in [2.75, 3.05) is 25.1 Å². The number of aliphatic hydroxyl groups excluding tert-OH is 2. The quantitative estimate of drug-likeness (QED) is 0.247. The summed E-state index contributed by atoms with van der Waals surface area (Å²) in [5.74, 6) is 0.673. The van der Waals surface area contributed by atoms with E-state index < -0.39 is 26.6 Å². The van der Waals surface area contributed by atoms with Gasteiger partial charge in [-0.25, -0.2) is 4.68 Å². The molecule has 1 saturated carbocycles. The second-order valence-electron chi connectivity index (χ2n) is 8.26. The molecule has 2 fully saturated rings. The standard InChI is InChI=1S/C19H29ClN5O6P/c20-18-23-16(22-12-3-1-2-4-12)14-9-21-25(17(14)24-18)15-6-5-13(31-15)10-30-19(11-27,7-8-26)32(28)29/h9,12-13,15,26-29H,1-8,10-11H2,(H,22,23,24). The van der Waals surface area contributed by atoms with E-state index in [1.807, 2.05) is 0 Å². The van der Waals surface area contributed by atoms with Gasteiger partial charge in [0, 0.05) is 19.1 Å². The van der Waals surface area contributed by atoms with Crippen LogP contribution in [-0.4, -0.2) is 77.1 Å². The number of nitrogens with zero attached hydrogens (tertiary/aromatic N) is 4. The topological polar surface area (TPSA) is 155 Å². The normalized spacial score (nSPS) is 23.9. The Balaban J connectivity index is 1.46. The fourth-order valence-electron chi connectivity index (χ4n) is 4.31. The highest BCUT2D eigenvalue weighted by Crippen LogP contribution is 2.46. The van der Waals surface area contributed by atoms with E-state index in [1.165, 1.54) is 12.8 Å². The lowest BCUT2D eigenvalue weighted by Crippen LogP contribution is -2.38. The van der Waals surface area contributed by atoms with E-state index >= 15 is 0 Å². The molecule has 2 aromatic heterocycles. The van der Waals surface area contributed by atoms with Gasteiger partial charge in [-0.15, -0.1) is 0 Å². The Morgan fingerprint density at radius 1 is 1.22 bits per heavy atom. The first-order valence-electron chi connectivity index (χ1n) is 10.8. The van der Waals surface area contributed by atoms with Crippen LogP contribution in [0.1, 0.15) is 51.2 Å². The van der Waals surface area contributed by atoms with Crippen LogP contribution in [0.3, 0.4) is 0 Å². The SMILES string of the molecule is OCCC(CO)(OCC1CCC(n2ncc3c(NC4CCCC4)nc(Cl)nc32)O1)P(O)O. The van der Waals surface area contributed by atoms with Crippen molar-refractivity contribution in [1.29, 1.82) is 0 Å². The summed E-state index contributed by atoms with van der Waals surface area (Å²) in [7, 11) is -2.60. The number of halogens is 1. The minimum absolute atomic E-state index is 0.0421. The first-order chi connectivity index (χ1) is 15.5. The summed E-state index contributed by atoms with van der Waals surface area (Å²) in [5, 5.41) is 26.1. The zero-order chi connectivity index (χ0) is 22.7. The number of hydrogen-bond donors (Lipinski definition) is 5. The molecule has 1 aliphatic carbocycles. The van der Waals surface area contributed by atoms with Gasteiger partial charge in [0.2, 0.25) is 13.7 Å². The third-order valence-corrected chi connectivity index (χ3v) is 7.52. The molecule has 3 atom stereocenters. The second-order valence-corrected chi connectivity index (χ2v) is 9.99. The molecule has 0 radical (unpaired) electrons. The molecule has 1 saturated heterocycles. The summed E-state index contributed by atoms with van der Waals surface area (Å²) in [5.41, 5.74) is 0.580. The first-order valence-corrected chi connectivity index (χ1v) is 12.4. The van der Waals surface area contributed by atoms with Gasteiger partial charge >= 0.3 is 0 Å². The van der Waals surface area contributed by atoms with Crippen molar-refractivity contribution in [2.24, 2.45) is 0 Å². The van der Waals surface area contributed by atoms with Crippen molar-refractivity contribution >= 4 is 36.8 Å². The zero-order valence-corrected chi connectivity index (χ0v) is 19.3. The van der Waals surface area contributed by atoms with E-state index in [9.17, 15) is 20.0 Å². The van der Waals surface area contributed by atoms with Crippen molar-refractivity contribution in [3.05, 3.63) is 11.5 Å². The van der Waals surface area contributed by atoms with Gasteiger partial charge < -0.3 is 34.8 Å². The first kappa shape index (κ1) is 24.0. The maximum atomic E-state index is 9.68. The number of rotatable bonds is 10. The summed E-state index contributed by atoms with van der Waals surface area (Å²) < 4.78 is 13.4. The summed E-state index contributed by atoms with van der Waals surface area (Å²) in [6.45, 7) is -0.912. The molecular formula is C19H29ClN5O6P. The lowest BCUT2D eigenvalue weighted by Gasteiger charge is -2.33. The Morgan fingerprint density at radius 3 is 2.69 bits per heavy atom. The van der Waals surface area contributed by atoms with Crippen molar-refractivity contribution in [1.82, 2.24) is 19.7 Å². The number of hydrogen-bond acceptors (Lipinski definition) is 10. The van der Waals surface area contributed by atoms with Crippen molar-refractivity contribution in [2.45, 2.75) is 68.7 Å². The molecule has 1 aliphatic heterocycles. The molecule has 4 rings (SSSR count). The van der Waals surface area contributed by atoms with E-state index in [0.29, 0.717) is 30.3 Å². The molecule has 0 spiro atoms. The van der Waals surface area contributed by atoms with Crippen LogP contribution in [0, 0.1) is 0 Å². The maximum absolute atomic E-state index is 9.68. The summed E-state index contributed by atoms with van der Waals surface area (Å²) in [4.78, 5) is 28.1. The van der Waals surface area contributed by atoms with Crippen LogP contribution >= 0.6 is 20.0 Å². The molecule has 2 aliphatic rings. The van der Waals surface area contributed by atoms with Gasteiger partial charge in [-0.2, -0.15) is 15.1 Å². The van der Waals surface area contributed by atoms with Gasteiger partial charge in [-0.3, -0.25) is 0 Å². The fraction of sp³-hybridized carbons (Fsp3) is 0.737. The van der Waals surface area contributed by atoms with Gasteiger partial charge in [0.1, 0.15) is 5.82 Å². The Morgan fingerprint density at radius 2 is 2.00 bits per heavy atom. The van der Waals surface area contributed by atoms with Crippen LogP contribution < -0.4 is 5.32 Å².